The van der Waals surface area contributed by atoms with Gasteiger partial charge in [0, 0.05) is 12.1 Å². The summed E-state index contributed by atoms with van der Waals surface area (Å²) in [4.78, 5) is 4.31. The van der Waals surface area contributed by atoms with Crippen LogP contribution in [0.2, 0.25) is 0 Å². The van der Waals surface area contributed by atoms with Crippen molar-refractivity contribution in [1.82, 2.24) is 30.2 Å². The van der Waals surface area contributed by atoms with E-state index in [0.29, 0.717) is 24.6 Å². The summed E-state index contributed by atoms with van der Waals surface area (Å²) in [5, 5.41) is 15.8. The van der Waals surface area contributed by atoms with E-state index in [0.717, 1.165) is 59.0 Å². The molecular formula is C27H26FN7O. The maximum absolute atomic E-state index is 14.4. The molecule has 4 heterocycles. The van der Waals surface area contributed by atoms with Crippen LogP contribution in [0.3, 0.4) is 0 Å². The van der Waals surface area contributed by atoms with E-state index in [1.165, 1.54) is 6.07 Å². The first-order chi connectivity index (χ1) is 17.6. The van der Waals surface area contributed by atoms with Gasteiger partial charge in [-0.25, -0.2) is 9.37 Å². The first kappa shape index (κ1) is 22.2. The van der Waals surface area contributed by atoms with E-state index in [2.05, 4.69) is 43.8 Å². The van der Waals surface area contributed by atoms with E-state index in [-0.39, 0.29) is 17.5 Å². The van der Waals surface area contributed by atoms with E-state index >= 15 is 0 Å². The number of halogens is 1. The summed E-state index contributed by atoms with van der Waals surface area (Å²) in [5.41, 5.74) is 12.6. The number of anilines is 1. The van der Waals surface area contributed by atoms with Crippen LogP contribution in [0.1, 0.15) is 53.0 Å². The van der Waals surface area contributed by atoms with Crippen molar-refractivity contribution < 1.29 is 9.13 Å². The molecule has 0 amide bonds. The van der Waals surface area contributed by atoms with Crippen LogP contribution in [0, 0.1) is 5.82 Å². The van der Waals surface area contributed by atoms with Gasteiger partial charge in [0.1, 0.15) is 17.9 Å². The number of ether oxygens (including phenoxy) is 1. The minimum absolute atomic E-state index is 0.0331. The Balaban J connectivity index is 1.39. The zero-order valence-electron chi connectivity index (χ0n) is 19.7. The third kappa shape index (κ3) is 4.51. The van der Waals surface area contributed by atoms with Gasteiger partial charge in [-0.15, -0.1) is 5.10 Å². The average molecular weight is 484 g/mol. The predicted octanol–water partition coefficient (Wildman–Crippen LogP) is 4.76. The predicted molar refractivity (Wildman–Crippen MR) is 134 cm³/mol. The highest BCUT2D eigenvalue weighted by Gasteiger charge is 2.22. The molecule has 0 fully saturated rings. The Morgan fingerprint density at radius 3 is 2.89 bits per heavy atom. The van der Waals surface area contributed by atoms with Crippen LogP contribution in [-0.4, -0.2) is 30.2 Å². The van der Waals surface area contributed by atoms with Gasteiger partial charge in [-0.2, -0.15) is 15.4 Å². The molecule has 6 rings (SSSR count). The van der Waals surface area contributed by atoms with Gasteiger partial charge in [0.05, 0.1) is 12.7 Å². The maximum atomic E-state index is 14.4. The van der Waals surface area contributed by atoms with Crippen LogP contribution < -0.4 is 10.5 Å². The molecule has 6 bridgehead atoms. The lowest BCUT2D eigenvalue weighted by Gasteiger charge is -2.17. The number of nitrogen functional groups attached to an aromatic ring is 1. The Labute approximate surface area is 207 Å². The Morgan fingerprint density at radius 2 is 1.94 bits per heavy atom. The summed E-state index contributed by atoms with van der Waals surface area (Å²) in [6.07, 6.45) is 7.61. The van der Waals surface area contributed by atoms with Gasteiger partial charge in [0.2, 0.25) is 5.65 Å². The lowest BCUT2D eigenvalue weighted by atomic mass is 9.88. The van der Waals surface area contributed by atoms with Crippen molar-refractivity contribution in [2.45, 2.75) is 44.8 Å². The molecule has 1 aliphatic rings. The summed E-state index contributed by atoms with van der Waals surface area (Å²) < 4.78 is 22.2. The van der Waals surface area contributed by atoms with E-state index < -0.39 is 0 Å². The SMILES string of the molecule is Nc1cc(C2CCCCc3ccc(F)c(c3)OCc3cccc(c3)Cn3cc2cn3)c2n[nH]nc2n1. The van der Waals surface area contributed by atoms with Crippen LogP contribution in [0.5, 0.6) is 5.75 Å². The highest BCUT2D eigenvalue weighted by molar-refractivity contribution is 5.77. The van der Waals surface area contributed by atoms with Crippen LogP contribution >= 0.6 is 0 Å². The number of benzene rings is 2. The number of H-pyrrole nitrogens is 1. The van der Waals surface area contributed by atoms with E-state index in [1.807, 2.05) is 41.2 Å². The number of rotatable bonds is 1. The highest BCUT2D eigenvalue weighted by Crippen LogP contribution is 2.34. The molecule has 3 aromatic heterocycles. The van der Waals surface area contributed by atoms with E-state index in [1.54, 1.807) is 0 Å². The number of nitrogens with one attached hydrogen (secondary N) is 1. The molecule has 0 aliphatic carbocycles. The molecule has 2 aromatic carbocycles. The minimum atomic E-state index is -0.344. The molecule has 8 nitrogen and oxygen atoms in total. The van der Waals surface area contributed by atoms with Gasteiger partial charge < -0.3 is 10.5 Å². The van der Waals surface area contributed by atoms with Crippen LogP contribution in [0.15, 0.2) is 60.9 Å². The summed E-state index contributed by atoms with van der Waals surface area (Å²) in [7, 11) is 0. The number of fused-ring (bicyclic) bond motifs is 7. The number of hydrogen-bond acceptors (Lipinski definition) is 6. The van der Waals surface area contributed by atoms with Gasteiger partial charge in [0.15, 0.2) is 11.6 Å². The van der Waals surface area contributed by atoms with Gasteiger partial charge in [0.25, 0.3) is 0 Å². The zero-order chi connectivity index (χ0) is 24.5. The third-order valence-electron chi connectivity index (χ3n) is 6.71. The molecule has 1 atom stereocenters. The van der Waals surface area contributed by atoms with Crippen molar-refractivity contribution in [3.8, 4) is 5.75 Å². The molecule has 0 saturated carbocycles. The summed E-state index contributed by atoms with van der Waals surface area (Å²) in [6.45, 7) is 0.917. The Bertz CT molecular complexity index is 1530. The molecule has 0 spiro atoms. The fourth-order valence-electron chi connectivity index (χ4n) is 4.95. The number of nitrogens with zero attached hydrogens (tertiary/aromatic N) is 5. The van der Waals surface area contributed by atoms with Crippen molar-refractivity contribution in [2.24, 2.45) is 0 Å². The highest BCUT2D eigenvalue weighted by atomic mass is 19.1. The second kappa shape index (κ2) is 9.41. The van der Waals surface area contributed by atoms with Crippen LogP contribution in [-0.2, 0) is 19.6 Å². The number of aromatic nitrogens is 6. The molecule has 1 aliphatic heterocycles. The maximum Gasteiger partial charge on any atom is 0.203 e. The molecule has 182 valence electrons. The standard InChI is InChI=1S/C27H26FN7O/c28-23-9-8-17-4-1-2-7-21(22-12-25(29)31-27-26(22)32-34-33-27)20-13-30-35(15-20)14-18-5-3-6-19(10-18)16-36-24(23)11-17/h3,5-6,8-13,15,21H,1-2,4,7,14,16H2,(H3,29,31,32,33,34). The number of nitrogens with two attached hydrogens (primary N) is 1. The number of hydrogen-bond donors (Lipinski definition) is 2. The summed E-state index contributed by atoms with van der Waals surface area (Å²) in [5.74, 6) is 0.393. The second-order valence-electron chi connectivity index (χ2n) is 9.28. The van der Waals surface area contributed by atoms with Crippen LogP contribution in [0.4, 0.5) is 10.2 Å². The number of aromatic amines is 1. The first-order valence-electron chi connectivity index (χ1n) is 12.1. The zero-order valence-corrected chi connectivity index (χ0v) is 19.7. The van der Waals surface area contributed by atoms with Crippen molar-refractivity contribution in [2.75, 3.05) is 5.73 Å². The lowest BCUT2D eigenvalue weighted by molar-refractivity contribution is 0.290. The molecule has 9 heteroatoms. The lowest BCUT2D eigenvalue weighted by Crippen LogP contribution is -2.05. The van der Waals surface area contributed by atoms with Crippen LogP contribution in [0.25, 0.3) is 11.2 Å². The van der Waals surface area contributed by atoms with Crippen molar-refractivity contribution >= 4 is 17.0 Å². The Hall–Kier alpha value is -4.27. The average Bonchev–Trinajstić information content (AvgIpc) is 3.53. The molecule has 0 saturated heterocycles. The van der Waals surface area contributed by atoms with Gasteiger partial charge >= 0.3 is 0 Å². The third-order valence-corrected chi connectivity index (χ3v) is 6.71. The monoisotopic (exact) mass is 483 g/mol. The topological polar surface area (TPSA) is 108 Å². The number of aryl methyl sites for hydroxylation is 1. The Morgan fingerprint density at radius 1 is 1.03 bits per heavy atom. The van der Waals surface area contributed by atoms with Gasteiger partial charge in [-0.3, -0.25) is 4.68 Å². The summed E-state index contributed by atoms with van der Waals surface area (Å²) in [6, 6.07) is 15.1. The smallest absolute Gasteiger partial charge is 0.203 e. The van der Waals surface area contributed by atoms with Crippen molar-refractivity contribution in [3.05, 3.63) is 94.6 Å². The second-order valence-corrected chi connectivity index (χ2v) is 9.28. The molecule has 1 unspecified atom stereocenters. The molecule has 3 N–H and O–H groups in total. The Kier molecular flexibility index (Phi) is 5.80. The fourth-order valence-corrected chi connectivity index (χ4v) is 4.95. The normalized spacial score (nSPS) is 16.4. The minimum Gasteiger partial charge on any atom is -0.486 e. The quantitative estimate of drug-likeness (QED) is 0.356. The molecular weight excluding hydrogens is 457 g/mol. The fraction of sp³-hybridized carbons (Fsp3) is 0.259. The van der Waals surface area contributed by atoms with E-state index in [4.69, 9.17) is 10.5 Å². The van der Waals surface area contributed by atoms with Gasteiger partial charge in [-0.05, 0) is 65.3 Å². The van der Waals surface area contributed by atoms with Gasteiger partial charge in [-0.1, -0.05) is 36.8 Å². The van der Waals surface area contributed by atoms with Crippen molar-refractivity contribution in [3.63, 3.8) is 0 Å². The van der Waals surface area contributed by atoms with E-state index in [9.17, 15) is 4.39 Å². The summed E-state index contributed by atoms with van der Waals surface area (Å²) >= 11 is 0. The van der Waals surface area contributed by atoms with Crippen molar-refractivity contribution in [1.29, 1.82) is 0 Å². The number of pyridine rings is 1. The molecule has 36 heavy (non-hydrogen) atoms. The largest absolute Gasteiger partial charge is 0.486 e. The molecule has 0 radical (unpaired) electrons. The molecule has 5 aromatic rings. The first-order valence-corrected chi connectivity index (χ1v) is 12.1.